The van der Waals surface area contributed by atoms with Gasteiger partial charge in [-0.25, -0.2) is 0 Å². The van der Waals surface area contributed by atoms with E-state index >= 15 is 0 Å². The first-order valence-electron chi connectivity index (χ1n) is 25.7. The topological polar surface area (TPSA) is 4.93 Å². The van der Waals surface area contributed by atoms with E-state index in [0.29, 0.717) is 0 Å². The molecular weight excluding hydrogens is 891 g/mol. The lowest BCUT2D eigenvalue weighted by Crippen LogP contribution is -2.28. The number of benzene rings is 13. The van der Waals surface area contributed by atoms with Gasteiger partial charge in [0.05, 0.1) is 10.9 Å². The average Bonchev–Trinajstić information content (AvgIpc) is 4.07. The molecule has 1 heterocycles. The minimum absolute atomic E-state index is 0.503. The molecule has 0 radical (unpaired) electrons. The van der Waals surface area contributed by atoms with Crippen molar-refractivity contribution in [3.63, 3.8) is 0 Å². The molecule has 0 spiro atoms. The van der Waals surface area contributed by atoms with Crippen molar-refractivity contribution < 1.29 is 0 Å². The SMILES string of the molecule is c1ccc(C2(c3ccccc3)c3ccccc3-c3ccc(-n4cc(-c5ccc(-c6cc7ccccc7c7ccccc67)cc5)c5cc(-c6ccc(-c7cc8ccccc8c8ccccc78)cc6)ccc54)cc32)cc1. The molecular formula is C73H47N. The Morgan fingerprint density at radius 3 is 1.27 bits per heavy atom. The number of hydrogen-bond acceptors (Lipinski definition) is 0. The van der Waals surface area contributed by atoms with E-state index in [2.05, 4.69) is 290 Å². The monoisotopic (exact) mass is 937 g/mol. The van der Waals surface area contributed by atoms with Crippen LogP contribution in [0.15, 0.2) is 285 Å². The highest BCUT2D eigenvalue weighted by Gasteiger charge is 2.46. The van der Waals surface area contributed by atoms with Crippen molar-refractivity contribution in [1.29, 1.82) is 0 Å². The summed E-state index contributed by atoms with van der Waals surface area (Å²) in [6.45, 7) is 0. The standard InChI is InChI=1S/C73H47N/c1-3-19-55(20-4-1)73(56-21-5-2-6-22-56)70-30-16-15-29-64(70)65-41-40-57(46-71(65)73)74-47-69(51-37-35-50(36-38-51)67-45-54-18-8-10-24-59(54)61-26-12-14-28-63(61)67)68-43-52(39-42-72(68)74)48-31-33-49(34-32-48)66-44-53-17-7-9-23-58(53)60-25-11-13-27-62(60)66/h1-47H. The lowest BCUT2D eigenvalue weighted by molar-refractivity contribution is 0.767. The average molecular weight is 938 g/mol. The second-order valence-electron chi connectivity index (χ2n) is 19.9. The van der Waals surface area contributed by atoms with Gasteiger partial charge in [0, 0.05) is 22.8 Å². The van der Waals surface area contributed by atoms with Crippen molar-refractivity contribution >= 4 is 54.0 Å². The highest BCUT2D eigenvalue weighted by molar-refractivity contribution is 6.15. The third-order valence-corrected chi connectivity index (χ3v) is 16.1. The molecule has 0 saturated carbocycles. The van der Waals surface area contributed by atoms with Crippen LogP contribution >= 0.6 is 0 Å². The molecule has 0 atom stereocenters. The summed E-state index contributed by atoms with van der Waals surface area (Å²) in [5, 5.41) is 11.4. The second-order valence-corrected chi connectivity index (χ2v) is 19.9. The van der Waals surface area contributed by atoms with E-state index in [1.165, 1.54) is 126 Å². The fourth-order valence-electron chi connectivity index (χ4n) is 12.7. The Morgan fingerprint density at radius 2 is 0.689 bits per heavy atom. The number of hydrogen-bond donors (Lipinski definition) is 0. The lowest BCUT2D eigenvalue weighted by atomic mass is 9.67. The van der Waals surface area contributed by atoms with Crippen molar-refractivity contribution in [2.45, 2.75) is 5.41 Å². The summed E-state index contributed by atoms with van der Waals surface area (Å²) in [4.78, 5) is 0. The van der Waals surface area contributed by atoms with E-state index < -0.39 is 5.41 Å². The lowest BCUT2D eigenvalue weighted by Gasteiger charge is -2.34. The van der Waals surface area contributed by atoms with Gasteiger partial charge in [0.25, 0.3) is 0 Å². The van der Waals surface area contributed by atoms with E-state index in [1.54, 1.807) is 0 Å². The van der Waals surface area contributed by atoms with Crippen LogP contribution in [0.4, 0.5) is 0 Å². The Balaban J connectivity index is 0.902. The van der Waals surface area contributed by atoms with Gasteiger partial charge >= 0.3 is 0 Å². The predicted octanol–water partition coefficient (Wildman–Crippen LogP) is 19.3. The van der Waals surface area contributed by atoms with Gasteiger partial charge in [-0.05, 0) is 152 Å². The largest absolute Gasteiger partial charge is 0.316 e. The van der Waals surface area contributed by atoms with Gasteiger partial charge in [0.15, 0.2) is 0 Å². The van der Waals surface area contributed by atoms with Gasteiger partial charge in [-0.3, -0.25) is 0 Å². The van der Waals surface area contributed by atoms with E-state index in [0.717, 1.165) is 11.2 Å². The van der Waals surface area contributed by atoms with E-state index in [9.17, 15) is 0 Å². The maximum Gasteiger partial charge on any atom is 0.0714 e. The van der Waals surface area contributed by atoms with Crippen molar-refractivity contribution in [2.24, 2.45) is 0 Å². The van der Waals surface area contributed by atoms with Crippen LogP contribution in [-0.4, -0.2) is 4.57 Å². The molecule has 0 amide bonds. The molecule has 1 nitrogen and oxygen atoms in total. The predicted molar refractivity (Wildman–Crippen MR) is 312 cm³/mol. The number of nitrogens with zero attached hydrogens (tertiary/aromatic N) is 1. The van der Waals surface area contributed by atoms with Crippen molar-refractivity contribution in [3.8, 4) is 61.3 Å². The minimum atomic E-state index is -0.503. The van der Waals surface area contributed by atoms with Crippen LogP contribution in [0.2, 0.25) is 0 Å². The van der Waals surface area contributed by atoms with Gasteiger partial charge in [0.1, 0.15) is 0 Å². The zero-order chi connectivity index (χ0) is 48.7. The first-order chi connectivity index (χ1) is 36.7. The molecule has 1 aliphatic rings. The minimum Gasteiger partial charge on any atom is -0.316 e. The van der Waals surface area contributed by atoms with Gasteiger partial charge in [-0.1, -0.05) is 243 Å². The van der Waals surface area contributed by atoms with Crippen LogP contribution in [0.1, 0.15) is 22.3 Å². The molecule has 13 aromatic carbocycles. The molecule has 0 bridgehead atoms. The Bertz CT molecular complexity index is 4460. The van der Waals surface area contributed by atoms with E-state index in [4.69, 9.17) is 0 Å². The zero-order valence-corrected chi connectivity index (χ0v) is 40.6. The van der Waals surface area contributed by atoms with Crippen molar-refractivity contribution in [3.05, 3.63) is 308 Å². The first-order valence-corrected chi connectivity index (χ1v) is 25.7. The zero-order valence-electron chi connectivity index (χ0n) is 40.6. The summed E-state index contributed by atoms with van der Waals surface area (Å²) < 4.78 is 2.43. The van der Waals surface area contributed by atoms with Gasteiger partial charge in [-0.15, -0.1) is 0 Å². The third-order valence-electron chi connectivity index (χ3n) is 16.1. The van der Waals surface area contributed by atoms with Gasteiger partial charge < -0.3 is 4.57 Å². The van der Waals surface area contributed by atoms with Gasteiger partial charge in [-0.2, -0.15) is 0 Å². The van der Waals surface area contributed by atoms with E-state index in [-0.39, 0.29) is 0 Å². The smallest absolute Gasteiger partial charge is 0.0714 e. The molecule has 1 heteroatoms. The van der Waals surface area contributed by atoms with Gasteiger partial charge in [0.2, 0.25) is 0 Å². The summed E-state index contributed by atoms with van der Waals surface area (Å²) in [5.41, 5.74) is 19.1. The highest BCUT2D eigenvalue weighted by atomic mass is 15.0. The van der Waals surface area contributed by atoms with Crippen LogP contribution in [0.5, 0.6) is 0 Å². The summed E-state index contributed by atoms with van der Waals surface area (Å²) in [6, 6.07) is 104. The maximum atomic E-state index is 2.47. The Morgan fingerprint density at radius 1 is 0.243 bits per heavy atom. The quantitative estimate of drug-likeness (QED) is 0.140. The van der Waals surface area contributed by atoms with Crippen molar-refractivity contribution in [2.75, 3.05) is 0 Å². The van der Waals surface area contributed by atoms with Crippen LogP contribution in [0.3, 0.4) is 0 Å². The Labute approximate surface area is 430 Å². The molecule has 0 fully saturated rings. The number of fused-ring (bicyclic) bond motifs is 10. The fourth-order valence-corrected chi connectivity index (χ4v) is 12.7. The fraction of sp³-hybridized carbons (Fsp3) is 0.0137. The molecule has 14 aromatic rings. The molecule has 0 aliphatic heterocycles. The maximum absolute atomic E-state index is 2.47. The van der Waals surface area contributed by atoms with Crippen molar-refractivity contribution in [1.82, 2.24) is 4.57 Å². The molecule has 1 aromatic heterocycles. The molecule has 0 unspecified atom stereocenters. The highest BCUT2D eigenvalue weighted by Crippen LogP contribution is 2.56. The van der Waals surface area contributed by atoms with Crippen LogP contribution in [0.25, 0.3) is 115 Å². The first kappa shape index (κ1) is 42.2. The van der Waals surface area contributed by atoms with Crippen LogP contribution in [0, 0.1) is 0 Å². The molecule has 74 heavy (non-hydrogen) atoms. The molecule has 15 rings (SSSR count). The Hall–Kier alpha value is -9.56. The van der Waals surface area contributed by atoms with Crippen LogP contribution < -0.4 is 0 Å². The molecule has 0 N–H and O–H groups in total. The summed E-state index contributed by atoms with van der Waals surface area (Å²) in [5.74, 6) is 0. The summed E-state index contributed by atoms with van der Waals surface area (Å²) in [6.07, 6.45) is 2.37. The summed E-state index contributed by atoms with van der Waals surface area (Å²) >= 11 is 0. The molecule has 344 valence electrons. The molecule has 0 saturated heterocycles. The van der Waals surface area contributed by atoms with Crippen LogP contribution in [-0.2, 0) is 5.41 Å². The second kappa shape index (κ2) is 16.8. The van der Waals surface area contributed by atoms with E-state index in [1.807, 2.05) is 0 Å². The number of aromatic nitrogens is 1. The third kappa shape index (κ3) is 6.43. The Kier molecular flexibility index (Phi) is 9.55. The summed E-state index contributed by atoms with van der Waals surface area (Å²) in [7, 11) is 0. The number of rotatable bonds is 7. The molecule has 1 aliphatic carbocycles. The normalized spacial score (nSPS) is 12.7.